The predicted octanol–water partition coefficient (Wildman–Crippen LogP) is 4.83. The maximum atomic E-state index is 10.8. The molecule has 2 unspecified atom stereocenters. The Bertz CT molecular complexity index is 1090. The highest BCUT2D eigenvalue weighted by atomic mass is 32.1. The van der Waals surface area contributed by atoms with Crippen LogP contribution in [0.2, 0.25) is 0 Å². The lowest BCUT2D eigenvalue weighted by Gasteiger charge is -2.36. The molecule has 2 aliphatic heterocycles. The second kappa shape index (κ2) is 6.65. The van der Waals surface area contributed by atoms with Gasteiger partial charge in [-0.25, -0.2) is 5.01 Å². The second-order valence-corrected chi connectivity index (χ2v) is 7.41. The number of nitrogens with zero attached hydrogens (tertiary/aromatic N) is 3. The lowest BCUT2D eigenvalue weighted by atomic mass is 9.98. The van der Waals surface area contributed by atoms with Crippen LogP contribution in [0.25, 0.3) is 6.08 Å². The van der Waals surface area contributed by atoms with Gasteiger partial charge in [0, 0.05) is 12.0 Å². The SMILES string of the molecule is O=[N+]([O-])c1ccc(/C=C/C2Oc3ccccc3C3CC(c4cccs4)=NN23)o1. The van der Waals surface area contributed by atoms with Crippen LogP contribution in [-0.4, -0.2) is 21.9 Å². The summed E-state index contributed by atoms with van der Waals surface area (Å²) in [6.45, 7) is 0. The van der Waals surface area contributed by atoms with E-state index < -0.39 is 11.2 Å². The summed E-state index contributed by atoms with van der Waals surface area (Å²) in [7, 11) is 0. The van der Waals surface area contributed by atoms with E-state index >= 15 is 0 Å². The summed E-state index contributed by atoms with van der Waals surface area (Å²) in [5.74, 6) is 0.936. The minimum absolute atomic E-state index is 0.0858. The Morgan fingerprint density at radius 1 is 1.21 bits per heavy atom. The molecule has 0 bridgehead atoms. The highest BCUT2D eigenvalue weighted by Gasteiger charge is 2.39. The van der Waals surface area contributed by atoms with Gasteiger partial charge < -0.3 is 9.15 Å². The average Bonchev–Trinajstić information content (AvgIpc) is 3.46. The molecule has 0 saturated heterocycles. The van der Waals surface area contributed by atoms with E-state index in [2.05, 4.69) is 12.1 Å². The summed E-state index contributed by atoms with van der Waals surface area (Å²) in [4.78, 5) is 11.4. The molecule has 0 saturated carbocycles. The number of ether oxygens (including phenoxy) is 1. The van der Waals surface area contributed by atoms with Crippen molar-refractivity contribution in [3.8, 4) is 5.75 Å². The minimum Gasteiger partial charge on any atom is -0.465 e. The number of para-hydroxylation sites is 1. The quantitative estimate of drug-likeness (QED) is 0.468. The Kier molecular flexibility index (Phi) is 3.98. The zero-order valence-electron chi connectivity index (χ0n) is 14.6. The zero-order chi connectivity index (χ0) is 19.1. The summed E-state index contributed by atoms with van der Waals surface area (Å²) in [5, 5.41) is 19.6. The molecule has 8 heteroatoms. The molecule has 2 aliphatic rings. The maximum absolute atomic E-state index is 10.8. The lowest BCUT2D eigenvalue weighted by molar-refractivity contribution is -0.402. The van der Waals surface area contributed by atoms with E-state index in [0.717, 1.165) is 28.3 Å². The largest absolute Gasteiger partial charge is 0.465 e. The molecule has 1 aromatic carbocycles. The van der Waals surface area contributed by atoms with Gasteiger partial charge in [0.25, 0.3) is 0 Å². The van der Waals surface area contributed by atoms with Gasteiger partial charge in [0.05, 0.1) is 22.7 Å². The molecule has 140 valence electrons. The number of benzene rings is 1. The third-order valence-electron chi connectivity index (χ3n) is 4.75. The Balaban J connectivity index is 1.48. The molecule has 2 atom stereocenters. The van der Waals surface area contributed by atoms with Gasteiger partial charge in [-0.15, -0.1) is 11.3 Å². The van der Waals surface area contributed by atoms with E-state index in [1.807, 2.05) is 40.7 Å². The van der Waals surface area contributed by atoms with E-state index in [9.17, 15) is 10.1 Å². The highest BCUT2D eigenvalue weighted by Crippen LogP contribution is 2.43. The van der Waals surface area contributed by atoms with Crippen molar-refractivity contribution in [3.05, 3.63) is 86.3 Å². The van der Waals surface area contributed by atoms with Gasteiger partial charge in [-0.05, 0) is 35.7 Å². The topological polar surface area (TPSA) is 81.1 Å². The lowest BCUT2D eigenvalue weighted by Crippen LogP contribution is -2.38. The first kappa shape index (κ1) is 16.8. The maximum Gasteiger partial charge on any atom is 0.433 e. The molecule has 0 aliphatic carbocycles. The van der Waals surface area contributed by atoms with E-state index in [4.69, 9.17) is 14.3 Å². The highest BCUT2D eigenvalue weighted by molar-refractivity contribution is 7.12. The standard InChI is InChI=1S/C20H15N3O4S/c24-23(25)20-10-8-13(26-20)7-9-19-22-16(14-4-1-2-5-17(14)27-19)12-15(21-22)18-6-3-11-28-18/h1-11,16,19H,12H2/b9-7+. The van der Waals surface area contributed by atoms with Crippen LogP contribution in [0.1, 0.15) is 28.7 Å². The molecule has 0 N–H and O–H groups in total. The number of hydrogen-bond donors (Lipinski definition) is 0. The molecule has 28 heavy (non-hydrogen) atoms. The number of furan rings is 1. The fourth-order valence-corrected chi connectivity index (χ4v) is 4.21. The molecule has 3 aromatic rings. The van der Waals surface area contributed by atoms with Crippen molar-refractivity contribution in [2.45, 2.75) is 18.7 Å². The predicted molar refractivity (Wildman–Crippen MR) is 105 cm³/mol. The summed E-state index contributed by atoms with van der Waals surface area (Å²) < 4.78 is 11.4. The van der Waals surface area contributed by atoms with Crippen molar-refractivity contribution in [1.82, 2.24) is 5.01 Å². The number of fused-ring (bicyclic) bond motifs is 3. The van der Waals surface area contributed by atoms with Crippen LogP contribution in [0.3, 0.4) is 0 Å². The normalized spacial score (nSPS) is 20.6. The fourth-order valence-electron chi connectivity index (χ4n) is 3.49. The van der Waals surface area contributed by atoms with Crippen molar-refractivity contribution in [1.29, 1.82) is 0 Å². The van der Waals surface area contributed by atoms with Crippen LogP contribution >= 0.6 is 11.3 Å². The monoisotopic (exact) mass is 393 g/mol. The molecule has 5 rings (SSSR count). The van der Waals surface area contributed by atoms with Gasteiger partial charge in [0.2, 0.25) is 6.23 Å². The number of hydrogen-bond acceptors (Lipinski definition) is 7. The second-order valence-electron chi connectivity index (χ2n) is 6.46. The average molecular weight is 393 g/mol. The van der Waals surface area contributed by atoms with Crippen LogP contribution in [0.5, 0.6) is 5.75 Å². The van der Waals surface area contributed by atoms with E-state index in [1.165, 1.54) is 6.07 Å². The smallest absolute Gasteiger partial charge is 0.433 e. The minimum atomic E-state index is -0.557. The molecule has 0 fully saturated rings. The summed E-state index contributed by atoms with van der Waals surface area (Å²) in [6, 6.07) is 15.0. The summed E-state index contributed by atoms with van der Waals surface area (Å²) in [6.07, 6.45) is 3.87. The first-order valence-corrected chi connectivity index (χ1v) is 9.65. The first-order valence-electron chi connectivity index (χ1n) is 8.77. The third kappa shape index (κ3) is 2.87. The fraction of sp³-hybridized carbons (Fsp3) is 0.150. The number of rotatable bonds is 4. The molecule has 4 heterocycles. The molecular weight excluding hydrogens is 378 g/mol. The van der Waals surface area contributed by atoms with Gasteiger partial charge >= 0.3 is 5.88 Å². The van der Waals surface area contributed by atoms with Gasteiger partial charge in [-0.2, -0.15) is 5.10 Å². The Morgan fingerprint density at radius 2 is 2.11 bits per heavy atom. The Morgan fingerprint density at radius 3 is 2.89 bits per heavy atom. The van der Waals surface area contributed by atoms with Crippen LogP contribution < -0.4 is 4.74 Å². The molecule has 0 radical (unpaired) electrons. The molecule has 0 spiro atoms. The first-order chi connectivity index (χ1) is 13.7. The summed E-state index contributed by atoms with van der Waals surface area (Å²) >= 11 is 1.67. The van der Waals surface area contributed by atoms with Crippen LogP contribution in [-0.2, 0) is 0 Å². The van der Waals surface area contributed by atoms with E-state index in [1.54, 1.807) is 23.5 Å². The van der Waals surface area contributed by atoms with Crippen molar-refractivity contribution < 1.29 is 14.1 Å². The Hall–Kier alpha value is -3.39. The molecule has 0 amide bonds. The zero-order valence-corrected chi connectivity index (χ0v) is 15.4. The number of hydrazone groups is 1. The summed E-state index contributed by atoms with van der Waals surface area (Å²) in [5.41, 5.74) is 2.14. The van der Waals surface area contributed by atoms with Crippen molar-refractivity contribution in [2.75, 3.05) is 0 Å². The van der Waals surface area contributed by atoms with E-state index in [0.29, 0.717) is 5.76 Å². The molecular formula is C20H15N3O4S. The van der Waals surface area contributed by atoms with Gasteiger partial charge in [-0.1, -0.05) is 24.3 Å². The number of nitro groups is 1. The van der Waals surface area contributed by atoms with Crippen LogP contribution in [0.15, 0.2) is 69.5 Å². The third-order valence-corrected chi connectivity index (χ3v) is 5.67. The van der Waals surface area contributed by atoms with Crippen LogP contribution in [0.4, 0.5) is 5.88 Å². The molecule has 7 nitrogen and oxygen atoms in total. The number of thiophene rings is 1. The Labute approximate surface area is 164 Å². The van der Waals surface area contributed by atoms with Crippen molar-refractivity contribution in [2.24, 2.45) is 5.10 Å². The van der Waals surface area contributed by atoms with Gasteiger partial charge in [0.15, 0.2) is 0 Å². The molecule has 2 aromatic heterocycles. The van der Waals surface area contributed by atoms with Crippen molar-refractivity contribution >= 4 is 29.0 Å². The van der Waals surface area contributed by atoms with Gasteiger partial charge in [0.1, 0.15) is 16.4 Å². The van der Waals surface area contributed by atoms with Crippen molar-refractivity contribution in [3.63, 3.8) is 0 Å². The van der Waals surface area contributed by atoms with E-state index in [-0.39, 0.29) is 11.9 Å². The van der Waals surface area contributed by atoms with Gasteiger partial charge in [-0.3, -0.25) is 10.1 Å². The van der Waals surface area contributed by atoms with Crippen LogP contribution in [0, 0.1) is 10.1 Å².